The number of hydrogen-bond donors (Lipinski definition) is 2. The third-order valence-electron chi connectivity index (χ3n) is 6.08. The lowest BCUT2D eigenvalue weighted by atomic mass is 9.44. The van der Waals surface area contributed by atoms with E-state index < -0.39 is 5.82 Å². The van der Waals surface area contributed by atoms with E-state index in [2.05, 4.69) is 15.7 Å². The van der Waals surface area contributed by atoms with Crippen LogP contribution in [0.5, 0.6) is 5.75 Å². The van der Waals surface area contributed by atoms with Crippen LogP contribution in [0.15, 0.2) is 42.6 Å². The molecule has 1 aromatic heterocycles. The Hall–Kier alpha value is -3.13. The summed E-state index contributed by atoms with van der Waals surface area (Å²) in [5.41, 5.74) is 0.986. The van der Waals surface area contributed by atoms with E-state index in [-0.39, 0.29) is 40.3 Å². The molecule has 0 unspecified atom stereocenters. The predicted molar refractivity (Wildman–Crippen MR) is 113 cm³/mol. The first kappa shape index (κ1) is 19.8. The second-order valence-electron chi connectivity index (χ2n) is 8.50. The quantitative estimate of drug-likeness (QED) is 0.614. The Morgan fingerprint density at radius 1 is 1.16 bits per heavy atom. The molecule has 0 spiro atoms. The van der Waals surface area contributed by atoms with Gasteiger partial charge in [-0.2, -0.15) is 5.10 Å². The van der Waals surface area contributed by atoms with Crippen LogP contribution in [0.2, 0.25) is 5.02 Å². The lowest BCUT2D eigenvalue weighted by Gasteiger charge is -2.70. The van der Waals surface area contributed by atoms with Gasteiger partial charge in [-0.3, -0.25) is 14.3 Å². The average Bonchev–Trinajstić information content (AvgIpc) is 3.06. The molecule has 2 bridgehead atoms. The molecule has 160 valence electrons. The number of carbonyl (C=O) groups is 2. The minimum Gasteiger partial charge on any atom is -0.484 e. The molecule has 31 heavy (non-hydrogen) atoms. The Labute approximate surface area is 182 Å². The summed E-state index contributed by atoms with van der Waals surface area (Å²) in [5.74, 6) is -0.765. The molecule has 3 aromatic rings. The molecule has 0 saturated heterocycles. The number of fused-ring (bicyclic) bond motifs is 1. The van der Waals surface area contributed by atoms with Crippen LogP contribution in [0.4, 0.5) is 4.39 Å². The van der Waals surface area contributed by atoms with Crippen molar-refractivity contribution >= 4 is 34.3 Å². The van der Waals surface area contributed by atoms with E-state index in [1.54, 1.807) is 16.9 Å². The van der Waals surface area contributed by atoms with Gasteiger partial charge in [-0.25, -0.2) is 4.39 Å². The fraction of sp³-hybridized carbons (Fsp3) is 0.318. The minimum absolute atomic E-state index is 0.00151. The van der Waals surface area contributed by atoms with E-state index >= 15 is 0 Å². The maximum Gasteiger partial charge on any atom is 0.258 e. The number of hydrogen-bond acceptors (Lipinski definition) is 4. The number of aryl methyl sites for hydroxylation is 1. The van der Waals surface area contributed by atoms with Gasteiger partial charge in [-0.05, 0) is 49.6 Å². The fourth-order valence-corrected chi connectivity index (χ4v) is 4.84. The molecular formula is C22H20ClFN4O3. The lowest BCUT2D eigenvalue weighted by molar-refractivity contribution is -0.141. The molecule has 2 amide bonds. The van der Waals surface area contributed by atoms with Gasteiger partial charge in [0.05, 0.1) is 16.7 Å². The summed E-state index contributed by atoms with van der Waals surface area (Å²) in [6.45, 7) is -0.215. The minimum atomic E-state index is -0.598. The first-order valence-electron chi connectivity index (χ1n) is 9.90. The maximum atomic E-state index is 13.4. The van der Waals surface area contributed by atoms with E-state index in [1.807, 2.05) is 19.2 Å². The Kier molecular flexibility index (Phi) is 4.44. The molecule has 3 aliphatic carbocycles. The topological polar surface area (TPSA) is 85.3 Å². The zero-order valence-corrected chi connectivity index (χ0v) is 17.5. The number of rotatable bonds is 6. The van der Waals surface area contributed by atoms with E-state index in [1.165, 1.54) is 12.1 Å². The summed E-state index contributed by atoms with van der Waals surface area (Å²) in [6.07, 6.45) is 3.78. The number of amides is 2. The average molecular weight is 443 g/mol. The summed E-state index contributed by atoms with van der Waals surface area (Å²) in [4.78, 5) is 24.9. The molecule has 2 aromatic carbocycles. The van der Waals surface area contributed by atoms with Gasteiger partial charge < -0.3 is 15.4 Å². The number of aromatic nitrogens is 2. The Morgan fingerprint density at radius 2 is 1.90 bits per heavy atom. The maximum absolute atomic E-state index is 13.4. The molecule has 0 aliphatic heterocycles. The highest BCUT2D eigenvalue weighted by Gasteiger charge is 2.69. The lowest BCUT2D eigenvalue weighted by Crippen LogP contribution is -2.84. The van der Waals surface area contributed by atoms with Crippen LogP contribution in [0.1, 0.15) is 29.6 Å². The molecule has 0 radical (unpaired) electrons. The monoisotopic (exact) mass is 442 g/mol. The van der Waals surface area contributed by atoms with Gasteiger partial charge in [-0.15, -0.1) is 0 Å². The van der Waals surface area contributed by atoms with Crippen molar-refractivity contribution in [3.05, 3.63) is 59.0 Å². The van der Waals surface area contributed by atoms with Crippen LogP contribution < -0.4 is 15.4 Å². The summed E-state index contributed by atoms with van der Waals surface area (Å²) in [6, 6.07) is 9.53. The molecule has 3 saturated carbocycles. The van der Waals surface area contributed by atoms with Crippen molar-refractivity contribution in [3.63, 3.8) is 0 Å². The third kappa shape index (κ3) is 3.50. The Bertz CT molecular complexity index is 1200. The zero-order valence-electron chi connectivity index (χ0n) is 16.7. The number of carbonyl (C=O) groups excluding carboxylic acids is 2. The van der Waals surface area contributed by atoms with Gasteiger partial charge in [0.15, 0.2) is 6.61 Å². The summed E-state index contributed by atoms with van der Waals surface area (Å²) in [5, 5.41) is 11.2. The van der Waals surface area contributed by atoms with Crippen molar-refractivity contribution in [2.24, 2.45) is 7.05 Å². The molecule has 3 aliphatic rings. The van der Waals surface area contributed by atoms with Crippen molar-refractivity contribution in [2.45, 2.75) is 30.3 Å². The zero-order chi connectivity index (χ0) is 21.8. The van der Waals surface area contributed by atoms with E-state index in [9.17, 15) is 14.0 Å². The van der Waals surface area contributed by atoms with Crippen LogP contribution in [0.3, 0.4) is 0 Å². The largest absolute Gasteiger partial charge is 0.484 e. The van der Waals surface area contributed by atoms with Gasteiger partial charge in [0, 0.05) is 35.1 Å². The number of nitrogens with one attached hydrogen (secondary N) is 2. The van der Waals surface area contributed by atoms with Gasteiger partial charge >= 0.3 is 0 Å². The first-order chi connectivity index (χ1) is 14.8. The van der Waals surface area contributed by atoms with Crippen molar-refractivity contribution in [1.82, 2.24) is 20.4 Å². The molecule has 1 heterocycles. The molecule has 7 nitrogen and oxygen atoms in total. The van der Waals surface area contributed by atoms with E-state index in [0.29, 0.717) is 24.8 Å². The highest BCUT2D eigenvalue weighted by Crippen LogP contribution is 2.60. The Balaban J connectivity index is 1.12. The molecular weight excluding hydrogens is 423 g/mol. The molecule has 6 rings (SSSR count). The normalized spacial score (nSPS) is 23.6. The van der Waals surface area contributed by atoms with Gasteiger partial charge in [-0.1, -0.05) is 11.6 Å². The predicted octanol–water partition coefficient (Wildman–Crippen LogP) is 2.97. The second-order valence-corrected chi connectivity index (χ2v) is 8.91. The van der Waals surface area contributed by atoms with E-state index in [0.717, 1.165) is 17.0 Å². The summed E-state index contributed by atoms with van der Waals surface area (Å²) < 4.78 is 20.5. The molecule has 9 heteroatoms. The molecule has 2 N–H and O–H groups in total. The number of benzene rings is 2. The van der Waals surface area contributed by atoms with E-state index in [4.69, 9.17) is 16.3 Å². The fourth-order valence-electron chi connectivity index (χ4n) is 4.72. The van der Waals surface area contributed by atoms with Crippen molar-refractivity contribution in [1.29, 1.82) is 0 Å². The third-order valence-corrected chi connectivity index (χ3v) is 6.39. The molecule has 3 fully saturated rings. The van der Waals surface area contributed by atoms with Crippen LogP contribution in [0, 0.1) is 5.82 Å². The van der Waals surface area contributed by atoms with Crippen molar-refractivity contribution in [2.75, 3.05) is 6.61 Å². The van der Waals surface area contributed by atoms with Gasteiger partial charge in [0.1, 0.15) is 11.6 Å². The highest BCUT2D eigenvalue weighted by molar-refractivity contribution is 6.30. The van der Waals surface area contributed by atoms with Crippen LogP contribution in [-0.4, -0.2) is 39.3 Å². The second kappa shape index (κ2) is 6.95. The SMILES string of the molecule is Cn1ncc2cc(C(=O)NC34CC(NC(=O)COc5ccc(Cl)c(F)c5)(C3)C4)ccc21. The highest BCUT2D eigenvalue weighted by atomic mass is 35.5. The van der Waals surface area contributed by atoms with Crippen molar-refractivity contribution < 1.29 is 18.7 Å². The summed E-state index contributed by atoms with van der Waals surface area (Å²) in [7, 11) is 1.86. The Morgan fingerprint density at radius 3 is 2.65 bits per heavy atom. The smallest absolute Gasteiger partial charge is 0.258 e. The number of nitrogens with zero attached hydrogens (tertiary/aromatic N) is 2. The standard InChI is InChI=1S/C22H20ClFN4O3/c1-28-18-5-2-13(6-14(18)8-25-28)20(30)27-22-10-21(11-22,12-22)26-19(29)9-31-15-3-4-16(23)17(24)7-15/h2-8H,9-12H2,1H3,(H,26,29)(H,27,30). The number of halogens is 2. The van der Waals surface area contributed by atoms with Gasteiger partial charge in [0.2, 0.25) is 0 Å². The number of ether oxygens (including phenoxy) is 1. The van der Waals surface area contributed by atoms with Crippen LogP contribution in [-0.2, 0) is 11.8 Å². The summed E-state index contributed by atoms with van der Waals surface area (Å²) >= 11 is 5.63. The van der Waals surface area contributed by atoms with Crippen LogP contribution >= 0.6 is 11.6 Å². The van der Waals surface area contributed by atoms with Crippen LogP contribution in [0.25, 0.3) is 10.9 Å². The molecule has 0 atom stereocenters. The van der Waals surface area contributed by atoms with Crippen molar-refractivity contribution in [3.8, 4) is 5.75 Å². The van der Waals surface area contributed by atoms with Gasteiger partial charge in [0.25, 0.3) is 11.8 Å². The first-order valence-corrected chi connectivity index (χ1v) is 10.3.